The van der Waals surface area contributed by atoms with Crippen LogP contribution in [0.15, 0.2) is 47.1 Å². The third kappa shape index (κ3) is 1.77. The van der Waals surface area contributed by atoms with Crippen LogP contribution in [0.4, 0.5) is 5.82 Å². The zero-order valence-electron chi connectivity index (χ0n) is 7.44. The molecular formula is C11H9BrN2. The Labute approximate surface area is 90.9 Å². The highest BCUT2D eigenvalue weighted by Crippen LogP contribution is 2.27. The summed E-state index contributed by atoms with van der Waals surface area (Å²) in [7, 11) is 0. The number of aromatic nitrogens is 1. The van der Waals surface area contributed by atoms with Crippen LogP contribution in [0, 0.1) is 0 Å². The van der Waals surface area contributed by atoms with Gasteiger partial charge < -0.3 is 5.73 Å². The summed E-state index contributed by atoms with van der Waals surface area (Å²) in [5.74, 6) is 0.525. The maximum atomic E-state index is 5.56. The summed E-state index contributed by atoms with van der Waals surface area (Å²) in [6, 6.07) is 11.9. The smallest absolute Gasteiger partial charge is 0.124 e. The Morgan fingerprint density at radius 2 is 1.86 bits per heavy atom. The van der Waals surface area contributed by atoms with E-state index in [-0.39, 0.29) is 0 Å². The summed E-state index contributed by atoms with van der Waals surface area (Å²) in [6.45, 7) is 0. The Morgan fingerprint density at radius 1 is 1.14 bits per heavy atom. The van der Waals surface area contributed by atoms with Crippen LogP contribution in [0.2, 0.25) is 0 Å². The molecule has 1 aromatic carbocycles. The van der Waals surface area contributed by atoms with Crippen molar-refractivity contribution in [2.24, 2.45) is 0 Å². The number of rotatable bonds is 1. The molecule has 70 valence electrons. The molecule has 0 radical (unpaired) electrons. The molecule has 2 aromatic rings. The van der Waals surface area contributed by atoms with E-state index in [1.54, 1.807) is 6.20 Å². The molecule has 0 aliphatic carbocycles. The molecule has 0 saturated carbocycles. The molecule has 3 heteroatoms. The second-order valence-electron chi connectivity index (χ2n) is 2.96. The summed E-state index contributed by atoms with van der Waals surface area (Å²) < 4.78 is 0.969. The molecule has 2 rings (SSSR count). The number of benzene rings is 1. The molecule has 0 atom stereocenters. The molecule has 1 heterocycles. The maximum Gasteiger partial charge on any atom is 0.124 e. The molecular weight excluding hydrogens is 240 g/mol. The van der Waals surface area contributed by atoms with E-state index in [9.17, 15) is 0 Å². The summed E-state index contributed by atoms with van der Waals surface area (Å²) >= 11 is 3.46. The lowest BCUT2D eigenvalue weighted by Crippen LogP contribution is -1.90. The van der Waals surface area contributed by atoms with Crippen LogP contribution in [0.3, 0.4) is 0 Å². The van der Waals surface area contributed by atoms with E-state index in [1.165, 1.54) is 0 Å². The van der Waals surface area contributed by atoms with E-state index >= 15 is 0 Å². The predicted octanol–water partition coefficient (Wildman–Crippen LogP) is 3.09. The number of anilines is 1. The van der Waals surface area contributed by atoms with Gasteiger partial charge in [0.25, 0.3) is 0 Å². The van der Waals surface area contributed by atoms with Gasteiger partial charge in [0.05, 0.1) is 0 Å². The minimum atomic E-state index is 0.525. The Hall–Kier alpha value is -1.35. The van der Waals surface area contributed by atoms with Crippen LogP contribution in [0.25, 0.3) is 11.1 Å². The van der Waals surface area contributed by atoms with Crippen molar-refractivity contribution in [3.8, 4) is 11.1 Å². The number of hydrogen-bond acceptors (Lipinski definition) is 2. The Bertz CT molecular complexity index is 440. The number of nitrogen functional groups attached to an aromatic ring is 1. The highest BCUT2D eigenvalue weighted by atomic mass is 79.9. The topological polar surface area (TPSA) is 38.9 Å². The fourth-order valence-electron chi connectivity index (χ4n) is 1.28. The lowest BCUT2D eigenvalue weighted by atomic mass is 10.1. The number of nitrogens with zero attached hydrogens (tertiary/aromatic N) is 1. The Morgan fingerprint density at radius 3 is 2.50 bits per heavy atom. The quantitative estimate of drug-likeness (QED) is 0.843. The summed E-state index contributed by atoms with van der Waals surface area (Å²) in [5, 5.41) is 0. The van der Waals surface area contributed by atoms with Gasteiger partial charge in [-0.25, -0.2) is 4.98 Å². The average molecular weight is 249 g/mol. The normalized spacial score (nSPS) is 10.1. The van der Waals surface area contributed by atoms with Crippen molar-refractivity contribution < 1.29 is 0 Å². The zero-order chi connectivity index (χ0) is 9.97. The molecule has 0 bridgehead atoms. The average Bonchev–Trinajstić information content (AvgIpc) is 2.19. The van der Waals surface area contributed by atoms with Crippen molar-refractivity contribution in [1.29, 1.82) is 0 Å². The van der Waals surface area contributed by atoms with E-state index in [4.69, 9.17) is 5.73 Å². The summed E-state index contributed by atoms with van der Waals surface area (Å²) in [4.78, 5) is 4.06. The minimum Gasteiger partial charge on any atom is -0.384 e. The van der Waals surface area contributed by atoms with Crippen molar-refractivity contribution >= 4 is 21.7 Å². The molecule has 0 aliphatic rings. The lowest BCUT2D eigenvalue weighted by Gasteiger charge is -2.04. The van der Waals surface area contributed by atoms with E-state index < -0.39 is 0 Å². The van der Waals surface area contributed by atoms with Crippen LogP contribution in [0.5, 0.6) is 0 Å². The van der Waals surface area contributed by atoms with E-state index in [0.29, 0.717) is 5.82 Å². The minimum absolute atomic E-state index is 0.525. The number of halogens is 1. The van der Waals surface area contributed by atoms with Gasteiger partial charge in [-0.1, -0.05) is 30.3 Å². The third-order valence-electron chi connectivity index (χ3n) is 1.96. The van der Waals surface area contributed by atoms with Crippen LogP contribution in [-0.4, -0.2) is 4.98 Å². The lowest BCUT2D eigenvalue weighted by molar-refractivity contribution is 1.32. The first kappa shape index (κ1) is 9.21. The molecule has 0 fully saturated rings. The van der Waals surface area contributed by atoms with Crippen LogP contribution in [-0.2, 0) is 0 Å². The van der Waals surface area contributed by atoms with E-state index in [0.717, 1.165) is 15.6 Å². The molecule has 0 unspecified atom stereocenters. The van der Waals surface area contributed by atoms with Gasteiger partial charge in [-0.15, -0.1) is 0 Å². The number of pyridine rings is 1. The van der Waals surface area contributed by atoms with Gasteiger partial charge in [-0.3, -0.25) is 0 Å². The SMILES string of the molecule is Nc1cc(Br)c(-c2ccccc2)cn1. The molecule has 1 aromatic heterocycles. The number of nitrogens with two attached hydrogens (primary N) is 1. The highest BCUT2D eigenvalue weighted by molar-refractivity contribution is 9.10. The van der Waals surface area contributed by atoms with Crippen LogP contribution in [0.1, 0.15) is 0 Å². The second kappa shape index (κ2) is 3.80. The van der Waals surface area contributed by atoms with Crippen LogP contribution < -0.4 is 5.73 Å². The second-order valence-corrected chi connectivity index (χ2v) is 3.81. The van der Waals surface area contributed by atoms with Gasteiger partial charge >= 0.3 is 0 Å². The number of hydrogen-bond donors (Lipinski definition) is 1. The van der Waals surface area contributed by atoms with Crippen molar-refractivity contribution in [1.82, 2.24) is 4.98 Å². The fraction of sp³-hybridized carbons (Fsp3) is 0. The molecule has 2 N–H and O–H groups in total. The van der Waals surface area contributed by atoms with Gasteiger partial charge in [0, 0.05) is 16.2 Å². The molecule has 0 amide bonds. The fourth-order valence-corrected chi connectivity index (χ4v) is 1.84. The monoisotopic (exact) mass is 248 g/mol. The summed E-state index contributed by atoms with van der Waals surface area (Å²) in [5.41, 5.74) is 7.75. The van der Waals surface area contributed by atoms with Crippen molar-refractivity contribution in [3.63, 3.8) is 0 Å². The first-order valence-electron chi connectivity index (χ1n) is 4.24. The maximum absolute atomic E-state index is 5.56. The highest BCUT2D eigenvalue weighted by Gasteiger charge is 2.02. The van der Waals surface area contributed by atoms with Crippen molar-refractivity contribution in [3.05, 3.63) is 47.1 Å². The summed E-state index contributed by atoms with van der Waals surface area (Å²) in [6.07, 6.45) is 1.77. The Kier molecular flexibility index (Phi) is 2.50. The predicted molar refractivity (Wildman–Crippen MR) is 61.8 cm³/mol. The first-order valence-corrected chi connectivity index (χ1v) is 5.03. The molecule has 14 heavy (non-hydrogen) atoms. The van der Waals surface area contributed by atoms with Gasteiger partial charge in [-0.05, 0) is 27.6 Å². The van der Waals surface area contributed by atoms with Gasteiger partial charge in [0.1, 0.15) is 5.82 Å². The molecule has 0 saturated heterocycles. The van der Waals surface area contributed by atoms with Gasteiger partial charge in [0.2, 0.25) is 0 Å². The molecule has 0 spiro atoms. The standard InChI is InChI=1S/C11H9BrN2/c12-10-6-11(13)14-7-9(10)8-4-2-1-3-5-8/h1-7H,(H2,13,14). The van der Waals surface area contributed by atoms with E-state index in [2.05, 4.69) is 20.9 Å². The largest absolute Gasteiger partial charge is 0.384 e. The van der Waals surface area contributed by atoms with Gasteiger partial charge in [0.15, 0.2) is 0 Å². The molecule has 0 aliphatic heterocycles. The van der Waals surface area contributed by atoms with Crippen molar-refractivity contribution in [2.75, 3.05) is 5.73 Å². The van der Waals surface area contributed by atoms with E-state index in [1.807, 2.05) is 36.4 Å². The van der Waals surface area contributed by atoms with Crippen molar-refractivity contribution in [2.45, 2.75) is 0 Å². The van der Waals surface area contributed by atoms with Gasteiger partial charge in [-0.2, -0.15) is 0 Å². The third-order valence-corrected chi connectivity index (χ3v) is 2.62. The Balaban J connectivity index is 2.53. The zero-order valence-corrected chi connectivity index (χ0v) is 9.03. The first-order chi connectivity index (χ1) is 6.77. The van der Waals surface area contributed by atoms with Crippen LogP contribution >= 0.6 is 15.9 Å². The molecule has 2 nitrogen and oxygen atoms in total.